The summed E-state index contributed by atoms with van der Waals surface area (Å²) in [4.78, 5) is 38.8. The van der Waals surface area contributed by atoms with Crippen molar-refractivity contribution in [2.75, 3.05) is 17.6 Å². The standard InChI is InChI=1S/C27H32BrF3N4O3S/c1-16(2)33-26(38)35-23-12-7-18(27(29,30)31)13-21(23)25(37)32-14-24(36)34-22-6-4-3-5-17(22)15-39-20-10-8-19(28)9-11-20/h7-13,16-17,22H,3-6,14-15H2,1-2H3,(H,32,37)(H,34,36)(H2,33,35,38)/t17-,22+/m1/s1. The number of alkyl halides is 3. The molecule has 1 fully saturated rings. The molecule has 0 saturated heterocycles. The van der Waals surface area contributed by atoms with Crippen LogP contribution in [-0.4, -0.2) is 42.2 Å². The molecule has 1 aliphatic carbocycles. The maximum Gasteiger partial charge on any atom is 0.416 e. The van der Waals surface area contributed by atoms with Crippen LogP contribution >= 0.6 is 27.7 Å². The number of carbonyl (C=O) groups excluding carboxylic acids is 3. The van der Waals surface area contributed by atoms with Gasteiger partial charge in [0.2, 0.25) is 5.91 Å². The van der Waals surface area contributed by atoms with E-state index in [0.717, 1.165) is 52.9 Å². The number of hydrogen-bond acceptors (Lipinski definition) is 4. The van der Waals surface area contributed by atoms with Gasteiger partial charge in [-0.15, -0.1) is 11.8 Å². The summed E-state index contributed by atoms with van der Waals surface area (Å²) in [5.74, 6) is -0.239. The second-order valence-electron chi connectivity index (χ2n) is 9.68. The molecule has 1 aliphatic rings. The summed E-state index contributed by atoms with van der Waals surface area (Å²) < 4.78 is 40.9. The summed E-state index contributed by atoms with van der Waals surface area (Å²) in [5.41, 5.74) is -1.53. The lowest BCUT2D eigenvalue weighted by molar-refractivity contribution is -0.137. The fraction of sp³-hybridized carbons (Fsp3) is 0.444. The first-order valence-corrected chi connectivity index (χ1v) is 14.4. The van der Waals surface area contributed by atoms with E-state index in [9.17, 15) is 27.6 Å². The first kappa shape index (κ1) is 30.8. The summed E-state index contributed by atoms with van der Waals surface area (Å²) >= 11 is 5.15. The van der Waals surface area contributed by atoms with Crippen molar-refractivity contribution < 1.29 is 27.6 Å². The van der Waals surface area contributed by atoms with Crippen molar-refractivity contribution in [2.24, 2.45) is 5.92 Å². The SMILES string of the molecule is CC(C)NC(=O)Nc1ccc(C(F)(F)F)cc1C(=O)NCC(=O)N[C@H]1CCCC[C@@H]1CSc1ccc(Br)cc1. The van der Waals surface area contributed by atoms with Crippen LogP contribution in [0.3, 0.4) is 0 Å². The van der Waals surface area contributed by atoms with Crippen LogP contribution in [0.15, 0.2) is 51.8 Å². The third-order valence-electron chi connectivity index (χ3n) is 6.20. The Morgan fingerprint density at radius 2 is 1.74 bits per heavy atom. The lowest BCUT2D eigenvalue weighted by Crippen LogP contribution is -2.47. The van der Waals surface area contributed by atoms with E-state index in [1.807, 2.05) is 24.3 Å². The highest BCUT2D eigenvalue weighted by Gasteiger charge is 2.32. The Hall–Kier alpha value is -2.73. The van der Waals surface area contributed by atoms with Crippen LogP contribution in [0.4, 0.5) is 23.7 Å². The summed E-state index contributed by atoms with van der Waals surface area (Å²) in [5, 5.41) is 10.4. The quantitative estimate of drug-likeness (QED) is 0.249. The van der Waals surface area contributed by atoms with Crippen molar-refractivity contribution in [3.05, 3.63) is 58.1 Å². The van der Waals surface area contributed by atoms with Crippen molar-refractivity contribution in [1.29, 1.82) is 0 Å². The largest absolute Gasteiger partial charge is 0.416 e. The van der Waals surface area contributed by atoms with Crippen molar-refractivity contribution >= 4 is 51.2 Å². The van der Waals surface area contributed by atoms with Crippen molar-refractivity contribution in [3.8, 4) is 0 Å². The van der Waals surface area contributed by atoms with Gasteiger partial charge in [-0.05, 0) is 75.1 Å². The molecule has 4 N–H and O–H groups in total. The topological polar surface area (TPSA) is 99.3 Å². The second kappa shape index (κ2) is 14.1. The number of urea groups is 1. The molecule has 212 valence electrons. The molecule has 0 spiro atoms. The summed E-state index contributed by atoms with van der Waals surface area (Å²) in [6, 6.07) is 9.54. The van der Waals surface area contributed by atoms with Gasteiger partial charge in [0.25, 0.3) is 5.91 Å². The Morgan fingerprint density at radius 1 is 1.05 bits per heavy atom. The van der Waals surface area contributed by atoms with Crippen LogP contribution in [0.1, 0.15) is 55.5 Å². The second-order valence-corrected chi connectivity index (χ2v) is 11.7. The van der Waals surface area contributed by atoms with Gasteiger partial charge in [-0.2, -0.15) is 13.2 Å². The molecular weight excluding hydrogens is 597 g/mol. The molecule has 0 aromatic heterocycles. The molecule has 0 aliphatic heterocycles. The highest BCUT2D eigenvalue weighted by Crippen LogP contribution is 2.33. The van der Waals surface area contributed by atoms with Crippen LogP contribution in [0, 0.1) is 5.92 Å². The molecule has 2 aromatic rings. The number of benzene rings is 2. The van der Waals surface area contributed by atoms with Crippen molar-refractivity contribution in [3.63, 3.8) is 0 Å². The highest BCUT2D eigenvalue weighted by atomic mass is 79.9. The molecule has 2 aromatic carbocycles. The number of thioether (sulfide) groups is 1. The fourth-order valence-corrected chi connectivity index (χ4v) is 5.68. The number of rotatable bonds is 9. The molecule has 39 heavy (non-hydrogen) atoms. The molecule has 2 atom stereocenters. The first-order chi connectivity index (χ1) is 18.4. The van der Waals surface area contributed by atoms with Crippen molar-refractivity contribution in [2.45, 2.75) is 62.7 Å². The van der Waals surface area contributed by atoms with Gasteiger partial charge >= 0.3 is 12.2 Å². The zero-order valence-electron chi connectivity index (χ0n) is 21.7. The lowest BCUT2D eigenvalue weighted by atomic mass is 9.86. The van der Waals surface area contributed by atoms with E-state index in [2.05, 4.69) is 37.2 Å². The minimum Gasteiger partial charge on any atom is -0.352 e. The maximum absolute atomic E-state index is 13.3. The van der Waals surface area contributed by atoms with E-state index in [1.54, 1.807) is 25.6 Å². The summed E-state index contributed by atoms with van der Waals surface area (Å²) in [7, 11) is 0. The maximum atomic E-state index is 13.3. The zero-order chi connectivity index (χ0) is 28.6. The molecule has 0 heterocycles. The van der Waals surface area contributed by atoms with E-state index < -0.39 is 41.7 Å². The van der Waals surface area contributed by atoms with Crippen molar-refractivity contribution in [1.82, 2.24) is 16.0 Å². The lowest BCUT2D eigenvalue weighted by Gasteiger charge is -2.32. The third-order valence-corrected chi connectivity index (χ3v) is 7.93. The normalized spacial score (nSPS) is 17.4. The van der Waals surface area contributed by atoms with Crippen LogP contribution in [0.2, 0.25) is 0 Å². The smallest absolute Gasteiger partial charge is 0.352 e. The number of nitrogens with one attached hydrogen (secondary N) is 4. The molecule has 4 amide bonds. The van der Waals surface area contributed by atoms with E-state index >= 15 is 0 Å². The minimum atomic E-state index is -4.69. The van der Waals surface area contributed by atoms with E-state index in [0.29, 0.717) is 6.07 Å². The predicted molar refractivity (Wildman–Crippen MR) is 150 cm³/mol. The summed E-state index contributed by atoms with van der Waals surface area (Å²) in [6.45, 7) is 3.03. The van der Waals surface area contributed by atoms with Gasteiger partial charge < -0.3 is 21.3 Å². The van der Waals surface area contributed by atoms with Gasteiger partial charge in [0.1, 0.15) is 0 Å². The molecule has 0 bridgehead atoms. The zero-order valence-corrected chi connectivity index (χ0v) is 24.1. The highest BCUT2D eigenvalue weighted by molar-refractivity contribution is 9.10. The van der Waals surface area contributed by atoms with E-state index in [1.165, 1.54) is 0 Å². The van der Waals surface area contributed by atoms with E-state index in [4.69, 9.17) is 0 Å². The van der Waals surface area contributed by atoms with Gasteiger partial charge in [-0.1, -0.05) is 28.8 Å². The van der Waals surface area contributed by atoms with Gasteiger partial charge in [0.15, 0.2) is 0 Å². The number of hydrogen-bond donors (Lipinski definition) is 4. The van der Waals surface area contributed by atoms with Crippen LogP contribution < -0.4 is 21.3 Å². The number of halogens is 4. The van der Waals surface area contributed by atoms with Gasteiger partial charge in [-0.25, -0.2) is 4.79 Å². The predicted octanol–water partition coefficient (Wildman–Crippen LogP) is 6.19. The van der Waals surface area contributed by atoms with E-state index in [-0.39, 0.29) is 23.7 Å². The number of carbonyl (C=O) groups is 3. The fourth-order valence-electron chi connectivity index (χ4n) is 4.28. The Balaban J connectivity index is 1.62. The molecule has 3 rings (SSSR count). The Morgan fingerprint density at radius 3 is 2.41 bits per heavy atom. The molecule has 7 nitrogen and oxygen atoms in total. The third kappa shape index (κ3) is 9.75. The molecular formula is C27H32BrF3N4O3S. The monoisotopic (exact) mass is 628 g/mol. The molecule has 12 heteroatoms. The minimum absolute atomic E-state index is 0.0587. The Labute approximate surface area is 238 Å². The Bertz CT molecular complexity index is 1160. The molecule has 1 saturated carbocycles. The first-order valence-electron chi connectivity index (χ1n) is 12.7. The molecule has 0 radical (unpaired) electrons. The van der Waals surface area contributed by atoms with Crippen LogP contribution in [-0.2, 0) is 11.0 Å². The Kier molecular flexibility index (Phi) is 11.1. The number of amides is 4. The van der Waals surface area contributed by atoms with Gasteiger partial charge in [-0.3, -0.25) is 9.59 Å². The average Bonchev–Trinajstić information content (AvgIpc) is 2.87. The van der Waals surface area contributed by atoms with Crippen LogP contribution in [0.25, 0.3) is 0 Å². The molecule has 0 unspecified atom stereocenters. The van der Waals surface area contributed by atoms with Gasteiger partial charge in [0.05, 0.1) is 23.4 Å². The average molecular weight is 630 g/mol. The summed E-state index contributed by atoms with van der Waals surface area (Å²) in [6.07, 6.45) is -0.843. The van der Waals surface area contributed by atoms with Gasteiger partial charge in [0, 0.05) is 27.2 Å². The van der Waals surface area contributed by atoms with Crippen LogP contribution in [0.5, 0.6) is 0 Å². The number of anilines is 1.